The largest absolute Gasteiger partial charge is 1.00 e. The fraction of sp³-hybridized carbons (Fsp3) is 0.625. The van der Waals surface area contributed by atoms with Crippen LogP contribution < -0.4 is 29.6 Å². The zero-order valence-electron chi connectivity index (χ0n) is 9.78. The third kappa shape index (κ3) is 5.70. The molecule has 10 heteroatoms. The van der Waals surface area contributed by atoms with Crippen LogP contribution in [0.5, 0.6) is 0 Å². The summed E-state index contributed by atoms with van der Waals surface area (Å²) in [5.74, 6) is -0.925. The smallest absolute Gasteiger partial charge is 0.743 e. The molecule has 100 valence electrons. The summed E-state index contributed by atoms with van der Waals surface area (Å²) >= 11 is 0. The van der Waals surface area contributed by atoms with Crippen molar-refractivity contribution in [3.05, 3.63) is 12.2 Å². The predicted molar refractivity (Wildman–Crippen MR) is 49.9 cm³/mol. The minimum atomic E-state index is -6.08. The third-order valence-corrected chi connectivity index (χ3v) is 2.57. The number of rotatable bonds is 6. The molecule has 0 heterocycles. The number of esters is 1. The van der Waals surface area contributed by atoms with Gasteiger partial charge in [0.2, 0.25) is 0 Å². The number of carbonyl (C=O) groups is 1. The summed E-state index contributed by atoms with van der Waals surface area (Å²) in [6, 6.07) is 0. The molecule has 5 nitrogen and oxygen atoms in total. The molecule has 0 radical (unpaired) electrons. The Balaban J connectivity index is 0. The molecule has 0 bridgehead atoms. The van der Waals surface area contributed by atoms with E-state index >= 15 is 0 Å². The van der Waals surface area contributed by atoms with Gasteiger partial charge < -0.3 is 9.29 Å². The second kappa shape index (κ2) is 7.49. The Morgan fingerprint density at radius 1 is 1.50 bits per heavy atom. The monoisotopic (exact) mass is 298 g/mol. The van der Waals surface area contributed by atoms with Gasteiger partial charge in [0.1, 0.15) is 0 Å². The Morgan fingerprint density at radius 3 is 2.28 bits per heavy atom. The molecule has 0 saturated carbocycles. The van der Waals surface area contributed by atoms with Gasteiger partial charge in [-0.1, -0.05) is 6.58 Å². The first-order chi connectivity index (χ1) is 7.50. The molecular weight excluding hydrogens is 288 g/mol. The quantitative estimate of drug-likeness (QED) is 0.244. The van der Waals surface area contributed by atoms with Crippen LogP contribution >= 0.6 is 0 Å². The van der Waals surface area contributed by atoms with Gasteiger partial charge in [-0.25, -0.2) is 17.6 Å². The first kappa shape index (κ1) is 20.2. The number of hydrogen-bond donors (Lipinski definition) is 0. The first-order valence-electron chi connectivity index (χ1n) is 4.30. The molecule has 0 aromatic heterocycles. The zero-order valence-corrected chi connectivity index (χ0v) is 12.6. The second-order valence-electron chi connectivity index (χ2n) is 3.19. The summed E-state index contributed by atoms with van der Waals surface area (Å²) in [6.45, 7) is 3.68. The van der Waals surface area contributed by atoms with Crippen molar-refractivity contribution in [3.63, 3.8) is 0 Å². The fourth-order valence-corrected chi connectivity index (χ4v) is 1.13. The molecule has 18 heavy (non-hydrogen) atoms. The first-order valence-corrected chi connectivity index (χ1v) is 5.71. The second-order valence-corrected chi connectivity index (χ2v) is 4.64. The van der Waals surface area contributed by atoms with Crippen LogP contribution in [0.1, 0.15) is 13.3 Å². The summed E-state index contributed by atoms with van der Waals surface area (Å²) in [5, 5.41) is -5.04. The summed E-state index contributed by atoms with van der Waals surface area (Å²) < 4.78 is 72.3. The molecule has 1 unspecified atom stereocenters. The van der Waals surface area contributed by atoms with Gasteiger partial charge in [0, 0.05) is 12.0 Å². The summed E-state index contributed by atoms with van der Waals surface area (Å²) in [6.07, 6.45) is -4.34. The van der Waals surface area contributed by atoms with Gasteiger partial charge in [0.05, 0.1) is 6.61 Å². The van der Waals surface area contributed by atoms with E-state index in [1.165, 1.54) is 6.92 Å². The van der Waals surface area contributed by atoms with Crippen molar-refractivity contribution in [2.24, 2.45) is 0 Å². The molecular formula is C8H10F3NaO5S. The van der Waals surface area contributed by atoms with Crippen molar-refractivity contribution in [2.45, 2.75) is 24.8 Å². The Labute approximate surface area is 124 Å². The van der Waals surface area contributed by atoms with Crippen molar-refractivity contribution < 1.29 is 65.2 Å². The van der Waals surface area contributed by atoms with Gasteiger partial charge in [0.15, 0.2) is 16.3 Å². The molecule has 0 aliphatic rings. The van der Waals surface area contributed by atoms with Crippen LogP contribution in [0, 0.1) is 0 Å². The average molecular weight is 298 g/mol. The molecule has 0 amide bonds. The fourth-order valence-electron chi connectivity index (χ4n) is 0.703. The number of alkyl halides is 3. The Bertz CT molecular complexity index is 409. The number of hydrogen-bond acceptors (Lipinski definition) is 5. The third-order valence-electron chi connectivity index (χ3n) is 1.65. The average Bonchev–Trinajstić information content (AvgIpc) is 2.15. The molecule has 0 aliphatic carbocycles. The van der Waals surface area contributed by atoms with Crippen molar-refractivity contribution in [1.29, 1.82) is 0 Å². The summed E-state index contributed by atoms with van der Waals surface area (Å²) in [7, 11) is -6.08. The van der Waals surface area contributed by atoms with E-state index < -0.39 is 40.5 Å². The summed E-state index contributed by atoms with van der Waals surface area (Å²) in [4.78, 5) is 10.8. The van der Waals surface area contributed by atoms with Gasteiger partial charge in [0.25, 0.3) is 0 Å². The maximum absolute atomic E-state index is 12.8. The normalized spacial score (nSPS) is 13.4. The van der Waals surface area contributed by atoms with Crippen LogP contribution in [0.25, 0.3) is 0 Å². The van der Waals surface area contributed by atoms with Crippen LogP contribution in [-0.4, -0.2) is 37.0 Å². The number of halogens is 3. The number of carbonyl (C=O) groups excluding carboxylic acids is 1. The van der Waals surface area contributed by atoms with Crippen molar-refractivity contribution in [3.8, 4) is 0 Å². The molecule has 0 aliphatic heterocycles. The number of ether oxygens (including phenoxy) is 1. The van der Waals surface area contributed by atoms with Crippen molar-refractivity contribution in [1.82, 2.24) is 0 Å². The molecule has 0 aromatic carbocycles. The maximum atomic E-state index is 12.8. The van der Waals surface area contributed by atoms with E-state index in [0.29, 0.717) is 0 Å². The minimum Gasteiger partial charge on any atom is -0.743 e. The van der Waals surface area contributed by atoms with E-state index in [1.807, 2.05) is 0 Å². The van der Waals surface area contributed by atoms with Crippen LogP contribution in [-0.2, 0) is 19.6 Å². The Morgan fingerprint density at radius 2 is 1.94 bits per heavy atom. The molecule has 0 fully saturated rings. The summed E-state index contributed by atoms with van der Waals surface area (Å²) in [5.41, 5.74) is -0.0244. The van der Waals surface area contributed by atoms with Gasteiger partial charge in [-0.15, -0.1) is 0 Å². The standard InChI is InChI=1S/C8H11F3O5S.Na/c1-5(2)7(12)16-4-3-6(9)8(10,11)17(13,14)15;/h6H,1,3-4H2,2H3,(H,13,14,15);/q;+1/p-1. The van der Waals surface area contributed by atoms with Crippen LogP contribution in [0.3, 0.4) is 0 Å². The van der Waals surface area contributed by atoms with Crippen molar-refractivity contribution in [2.75, 3.05) is 6.61 Å². The Kier molecular flexibility index (Phi) is 8.42. The Hall–Kier alpha value is -0.0900. The van der Waals surface area contributed by atoms with Crippen LogP contribution in [0.15, 0.2) is 12.2 Å². The van der Waals surface area contributed by atoms with E-state index in [9.17, 15) is 30.9 Å². The SMILES string of the molecule is C=C(C)C(=O)OCCC(F)C(F)(F)S(=O)(=O)[O-].[Na+]. The molecule has 0 N–H and O–H groups in total. The molecule has 0 rings (SSSR count). The van der Waals surface area contributed by atoms with E-state index in [0.717, 1.165) is 0 Å². The molecule has 0 spiro atoms. The minimum absolute atomic E-state index is 0. The van der Waals surface area contributed by atoms with E-state index in [1.54, 1.807) is 0 Å². The van der Waals surface area contributed by atoms with Crippen molar-refractivity contribution >= 4 is 16.1 Å². The van der Waals surface area contributed by atoms with Gasteiger partial charge in [-0.3, -0.25) is 0 Å². The molecule has 0 saturated heterocycles. The van der Waals surface area contributed by atoms with E-state index in [-0.39, 0.29) is 35.1 Å². The van der Waals surface area contributed by atoms with Crippen LogP contribution in [0.4, 0.5) is 13.2 Å². The van der Waals surface area contributed by atoms with Gasteiger partial charge in [-0.05, 0) is 6.92 Å². The molecule has 1 atom stereocenters. The topological polar surface area (TPSA) is 83.5 Å². The van der Waals surface area contributed by atoms with Gasteiger partial charge >= 0.3 is 40.8 Å². The zero-order chi connectivity index (χ0) is 13.9. The van der Waals surface area contributed by atoms with Crippen LogP contribution in [0.2, 0.25) is 0 Å². The van der Waals surface area contributed by atoms with Gasteiger partial charge in [-0.2, -0.15) is 8.78 Å². The molecule has 0 aromatic rings. The van der Waals surface area contributed by atoms with E-state index in [2.05, 4.69) is 11.3 Å². The maximum Gasteiger partial charge on any atom is 1.00 e. The van der Waals surface area contributed by atoms with E-state index in [4.69, 9.17) is 0 Å². The predicted octanol–water partition coefficient (Wildman–Crippen LogP) is -2.02.